The second-order valence-electron chi connectivity index (χ2n) is 5.56. The third-order valence-electron chi connectivity index (χ3n) is 4.01. The Morgan fingerprint density at radius 1 is 1.32 bits per heavy atom. The molecule has 2 N–H and O–H groups in total. The molecule has 7 nitrogen and oxygen atoms in total. The Balaban J connectivity index is 1.92. The van der Waals surface area contributed by atoms with Crippen molar-refractivity contribution in [2.24, 2.45) is 5.73 Å². The van der Waals surface area contributed by atoms with Crippen LogP contribution in [-0.2, 0) is 5.54 Å². The molecule has 1 heterocycles. The molecular weight excluding hydrogens is 291 g/mol. The van der Waals surface area contributed by atoms with E-state index in [1.54, 1.807) is 0 Å². The number of nitro benzene ring substituents is 1. The molecule has 116 valence electrons. The van der Waals surface area contributed by atoms with Gasteiger partial charge in [0.1, 0.15) is 5.82 Å². The molecule has 3 rings (SSSR count). The quantitative estimate of drug-likeness (QED) is 0.690. The van der Waals surface area contributed by atoms with Crippen molar-refractivity contribution in [3.63, 3.8) is 0 Å². The zero-order valence-corrected chi connectivity index (χ0v) is 11.8. The van der Waals surface area contributed by atoms with Crippen LogP contribution in [0.5, 0.6) is 0 Å². The Bertz CT molecular complexity index is 710. The van der Waals surface area contributed by atoms with Gasteiger partial charge in [0.05, 0.1) is 22.1 Å². The van der Waals surface area contributed by atoms with Crippen LogP contribution in [0.3, 0.4) is 0 Å². The number of hydrogen-bond acceptors (Lipinski definition) is 6. The number of halogens is 1. The molecule has 1 aromatic heterocycles. The minimum absolute atomic E-state index is 0.0159. The van der Waals surface area contributed by atoms with Crippen LogP contribution < -0.4 is 5.73 Å². The second-order valence-corrected chi connectivity index (χ2v) is 5.56. The largest absolute Gasteiger partial charge is 0.334 e. The SMILES string of the molecule is NC1(c2noc(-c3ccc([N+](=O)[O-])cc3F)n2)CCCCC1. The van der Waals surface area contributed by atoms with Gasteiger partial charge in [0.25, 0.3) is 11.6 Å². The minimum atomic E-state index is -0.779. The number of nitrogens with zero attached hydrogens (tertiary/aromatic N) is 3. The first-order valence-corrected chi connectivity index (χ1v) is 7.07. The van der Waals surface area contributed by atoms with E-state index < -0.39 is 16.3 Å². The molecule has 0 bridgehead atoms. The lowest BCUT2D eigenvalue weighted by Crippen LogP contribution is -2.39. The summed E-state index contributed by atoms with van der Waals surface area (Å²) < 4.78 is 19.1. The van der Waals surface area contributed by atoms with E-state index in [0.29, 0.717) is 5.82 Å². The number of rotatable bonds is 3. The van der Waals surface area contributed by atoms with Crippen LogP contribution in [0.15, 0.2) is 22.7 Å². The summed E-state index contributed by atoms with van der Waals surface area (Å²) in [6.45, 7) is 0. The fourth-order valence-electron chi connectivity index (χ4n) is 2.73. The number of nitro groups is 1. The Hall–Kier alpha value is -2.35. The molecular formula is C14H15FN4O3. The zero-order valence-electron chi connectivity index (χ0n) is 11.8. The van der Waals surface area contributed by atoms with Gasteiger partial charge in [-0.15, -0.1) is 0 Å². The first-order valence-electron chi connectivity index (χ1n) is 7.07. The summed E-state index contributed by atoms with van der Waals surface area (Å²) in [6.07, 6.45) is 4.63. The van der Waals surface area contributed by atoms with E-state index in [0.717, 1.165) is 38.2 Å². The highest BCUT2D eigenvalue weighted by Crippen LogP contribution is 2.34. The van der Waals surface area contributed by atoms with Crippen molar-refractivity contribution < 1.29 is 13.8 Å². The van der Waals surface area contributed by atoms with E-state index in [1.165, 1.54) is 12.1 Å². The van der Waals surface area contributed by atoms with Gasteiger partial charge in [-0.3, -0.25) is 10.1 Å². The molecule has 0 unspecified atom stereocenters. The summed E-state index contributed by atoms with van der Waals surface area (Å²) in [5, 5.41) is 14.5. The summed E-state index contributed by atoms with van der Waals surface area (Å²) in [5.41, 5.74) is 5.37. The maximum atomic E-state index is 14.0. The molecule has 2 aromatic rings. The third kappa shape index (κ3) is 2.57. The average molecular weight is 306 g/mol. The van der Waals surface area contributed by atoms with Crippen LogP contribution in [-0.4, -0.2) is 15.1 Å². The highest BCUT2D eigenvalue weighted by molar-refractivity contribution is 5.56. The number of nitrogens with two attached hydrogens (primary N) is 1. The third-order valence-corrected chi connectivity index (χ3v) is 4.01. The first-order chi connectivity index (χ1) is 10.5. The first kappa shape index (κ1) is 14.6. The number of non-ortho nitro benzene ring substituents is 1. The van der Waals surface area contributed by atoms with Crippen molar-refractivity contribution in [3.8, 4) is 11.5 Å². The summed E-state index contributed by atoms with van der Waals surface area (Å²) in [5.74, 6) is -0.433. The maximum absolute atomic E-state index is 14.0. The van der Waals surface area contributed by atoms with E-state index in [9.17, 15) is 14.5 Å². The summed E-state index contributed by atoms with van der Waals surface area (Å²) >= 11 is 0. The number of aromatic nitrogens is 2. The van der Waals surface area contributed by atoms with Crippen LogP contribution >= 0.6 is 0 Å². The van der Waals surface area contributed by atoms with Crippen molar-refractivity contribution in [1.29, 1.82) is 0 Å². The van der Waals surface area contributed by atoms with Crippen molar-refractivity contribution in [2.45, 2.75) is 37.6 Å². The number of benzene rings is 1. The molecule has 0 aliphatic heterocycles. The van der Waals surface area contributed by atoms with Gasteiger partial charge in [0.15, 0.2) is 5.82 Å². The molecule has 1 aromatic carbocycles. The Morgan fingerprint density at radius 2 is 2.05 bits per heavy atom. The normalized spacial score (nSPS) is 17.4. The monoisotopic (exact) mass is 306 g/mol. The van der Waals surface area contributed by atoms with Gasteiger partial charge in [-0.2, -0.15) is 4.98 Å². The zero-order chi connectivity index (χ0) is 15.7. The molecule has 0 spiro atoms. The lowest BCUT2D eigenvalue weighted by atomic mass is 9.82. The van der Waals surface area contributed by atoms with Gasteiger partial charge >= 0.3 is 0 Å². The Kier molecular flexibility index (Phi) is 3.61. The van der Waals surface area contributed by atoms with E-state index >= 15 is 0 Å². The predicted octanol–water partition coefficient (Wildman–Crippen LogP) is 2.90. The molecule has 1 fully saturated rings. The van der Waals surface area contributed by atoms with Crippen LogP contribution in [0.25, 0.3) is 11.5 Å². The number of hydrogen-bond donors (Lipinski definition) is 1. The standard InChI is InChI=1S/C14H15FN4O3/c15-11-8-9(19(20)21)4-5-10(11)12-17-13(18-22-12)14(16)6-2-1-3-7-14/h4-5,8H,1-3,6-7,16H2. The highest BCUT2D eigenvalue weighted by atomic mass is 19.1. The lowest BCUT2D eigenvalue weighted by Gasteiger charge is -2.29. The predicted molar refractivity (Wildman–Crippen MR) is 75.3 cm³/mol. The molecule has 8 heteroatoms. The van der Waals surface area contributed by atoms with Gasteiger partial charge in [-0.25, -0.2) is 4.39 Å². The topological polar surface area (TPSA) is 108 Å². The van der Waals surface area contributed by atoms with Gasteiger partial charge in [-0.05, 0) is 18.9 Å². The molecule has 1 aliphatic carbocycles. The lowest BCUT2D eigenvalue weighted by molar-refractivity contribution is -0.385. The molecule has 0 saturated heterocycles. The van der Waals surface area contributed by atoms with E-state index in [-0.39, 0.29) is 17.1 Å². The summed E-state index contributed by atoms with van der Waals surface area (Å²) in [7, 11) is 0. The Morgan fingerprint density at radius 3 is 2.68 bits per heavy atom. The molecule has 1 saturated carbocycles. The van der Waals surface area contributed by atoms with Crippen molar-refractivity contribution in [2.75, 3.05) is 0 Å². The summed E-state index contributed by atoms with van der Waals surface area (Å²) in [6, 6.07) is 3.29. The van der Waals surface area contributed by atoms with Gasteiger partial charge in [0.2, 0.25) is 0 Å². The van der Waals surface area contributed by atoms with E-state index in [1.807, 2.05) is 0 Å². The highest BCUT2D eigenvalue weighted by Gasteiger charge is 2.34. The van der Waals surface area contributed by atoms with Crippen molar-refractivity contribution in [3.05, 3.63) is 40.0 Å². The minimum Gasteiger partial charge on any atom is -0.334 e. The second kappa shape index (κ2) is 5.45. The van der Waals surface area contributed by atoms with E-state index in [2.05, 4.69) is 10.1 Å². The van der Waals surface area contributed by atoms with Crippen LogP contribution in [0.1, 0.15) is 37.9 Å². The van der Waals surface area contributed by atoms with Crippen LogP contribution in [0.4, 0.5) is 10.1 Å². The van der Waals surface area contributed by atoms with Gasteiger partial charge in [0, 0.05) is 6.07 Å². The van der Waals surface area contributed by atoms with Crippen molar-refractivity contribution in [1.82, 2.24) is 10.1 Å². The summed E-state index contributed by atoms with van der Waals surface area (Å²) in [4.78, 5) is 14.2. The fraction of sp³-hybridized carbons (Fsp3) is 0.429. The molecule has 0 atom stereocenters. The van der Waals surface area contributed by atoms with E-state index in [4.69, 9.17) is 10.3 Å². The molecule has 22 heavy (non-hydrogen) atoms. The average Bonchev–Trinajstić information content (AvgIpc) is 2.98. The van der Waals surface area contributed by atoms with Crippen LogP contribution in [0, 0.1) is 15.9 Å². The smallest absolute Gasteiger partial charge is 0.272 e. The maximum Gasteiger partial charge on any atom is 0.272 e. The molecule has 1 aliphatic rings. The fourth-order valence-corrected chi connectivity index (χ4v) is 2.73. The van der Waals surface area contributed by atoms with Gasteiger partial charge in [-0.1, -0.05) is 24.4 Å². The molecule has 0 amide bonds. The Labute approximate surface area is 125 Å². The molecule has 0 radical (unpaired) electrons. The van der Waals surface area contributed by atoms with Gasteiger partial charge < -0.3 is 10.3 Å². The van der Waals surface area contributed by atoms with Crippen molar-refractivity contribution >= 4 is 5.69 Å². The van der Waals surface area contributed by atoms with Crippen LogP contribution in [0.2, 0.25) is 0 Å².